The zero-order chi connectivity index (χ0) is 12.6. The third kappa shape index (κ3) is 2.20. The molecular weight excluding hydrogens is 286 g/mol. The second-order valence-electron chi connectivity index (χ2n) is 4.13. The van der Waals surface area contributed by atoms with Gasteiger partial charge in [0, 0.05) is 23.1 Å². The summed E-state index contributed by atoms with van der Waals surface area (Å²) in [7, 11) is 0. The van der Waals surface area contributed by atoms with Gasteiger partial charge in [-0.05, 0) is 24.6 Å². The Morgan fingerprint density at radius 1 is 1.53 bits per heavy atom. The van der Waals surface area contributed by atoms with E-state index in [0.29, 0.717) is 0 Å². The molecule has 5 heteroatoms. The van der Waals surface area contributed by atoms with Gasteiger partial charge in [-0.25, -0.2) is 0 Å². The number of amides is 1. The second kappa shape index (κ2) is 4.49. The fourth-order valence-electron chi connectivity index (χ4n) is 1.99. The van der Waals surface area contributed by atoms with Crippen LogP contribution in [0, 0.1) is 12.8 Å². The highest BCUT2D eigenvalue weighted by Crippen LogP contribution is 2.31. The molecule has 1 amide bonds. The summed E-state index contributed by atoms with van der Waals surface area (Å²) in [5.74, 6) is -1.63. The van der Waals surface area contributed by atoms with Crippen LogP contribution in [0.4, 0.5) is 5.69 Å². The fraction of sp³-hybridized carbons (Fsp3) is 0.333. The summed E-state index contributed by atoms with van der Waals surface area (Å²) in [6, 6.07) is 5.57. The lowest BCUT2D eigenvalue weighted by Crippen LogP contribution is -2.26. The third-order valence-electron chi connectivity index (χ3n) is 3.00. The van der Waals surface area contributed by atoms with Gasteiger partial charge in [-0.2, -0.15) is 0 Å². The van der Waals surface area contributed by atoms with Gasteiger partial charge in [-0.15, -0.1) is 0 Å². The van der Waals surface area contributed by atoms with Gasteiger partial charge in [0.2, 0.25) is 5.91 Å². The molecule has 1 aromatic rings. The molecule has 0 aromatic heterocycles. The molecule has 1 heterocycles. The van der Waals surface area contributed by atoms with Gasteiger partial charge in [-0.3, -0.25) is 9.59 Å². The summed E-state index contributed by atoms with van der Waals surface area (Å²) in [6.45, 7) is 2.16. The van der Waals surface area contributed by atoms with Crippen LogP contribution >= 0.6 is 15.9 Å². The van der Waals surface area contributed by atoms with E-state index >= 15 is 0 Å². The lowest BCUT2D eigenvalue weighted by Gasteiger charge is -2.19. The van der Waals surface area contributed by atoms with Gasteiger partial charge in [0.1, 0.15) is 0 Å². The van der Waals surface area contributed by atoms with E-state index in [-0.39, 0.29) is 18.9 Å². The van der Waals surface area contributed by atoms with E-state index in [0.717, 1.165) is 15.7 Å². The Hall–Kier alpha value is -1.36. The monoisotopic (exact) mass is 297 g/mol. The molecule has 90 valence electrons. The Morgan fingerprint density at radius 2 is 2.24 bits per heavy atom. The van der Waals surface area contributed by atoms with Crippen LogP contribution in [0.2, 0.25) is 0 Å². The maximum Gasteiger partial charge on any atom is 0.308 e. The van der Waals surface area contributed by atoms with E-state index in [1.165, 1.54) is 0 Å². The molecule has 2 rings (SSSR count). The largest absolute Gasteiger partial charge is 0.481 e. The lowest BCUT2D eigenvalue weighted by molar-refractivity contribution is -0.141. The summed E-state index contributed by atoms with van der Waals surface area (Å²) in [6.07, 6.45) is 0.0846. The predicted octanol–water partition coefficient (Wildman–Crippen LogP) is 2.20. The molecule has 1 aliphatic rings. The summed E-state index contributed by atoms with van der Waals surface area (Å²) in [4.78, 5) is 24.2. The molecule has 0 saturated carbocycles. The van der Waals surface area contributed by atoms with E-state index in [9.17, 15) is 9.59 Å². The summed E-state index contributed by atoms with van der Waals surface area (Å²) in [5, 5.41) is 8.93. The molecule has 0 radical (unpaired) electrons. The highest BCUT2D eigenvalue weighted by atomic mass is 79.9. The SMILES string of the molecule is Cc1c(Br)cccc1N1CC(C(=O)O)CC1=O. The van der Waals surface area contributed by atoms with Gasteiger partial charge in [0.15, 0.2) is 0 Å². The molecule has 0 bridgehead atoms. The average Bonchev–Trinajstić information content (AvgIpc) is 2.65. The molecule has 1 atom stereocenters. The normalized spacial score (nSPS) is 19.8. The summed E-state index contributed by atoms with van der Waals surface area (Å²) < 4.78 is 0.918. The number of benzene rings is 1. The van der Waals surface area contributed by atoms with Gasteiger partial charge in [-0.1, -0.05) is 22.0 Å². The van der Waals surface area contributed by atoms with Crippen molar-refractivity contribution < 1.29 is 14.7 Å². The zero-order valence-electron chi connectivity index (χ0n) is 9.31. The first-order valence-electron chi connectivity index (χ1n) is 5.29. The van der Waals surface area contributed by atoms with Gasteiger partial charge in [0.25, 0.3) is 0 Å². The van der Waals surface area contributed by atoms with Gasteiger partial charge in [0.05, 0.1) is 5.92 Å². The van der Waals surface area contributed by atoms with Crippen molar-refractivity contribution in [3.05, 3.63) is 28.2 Å². The molecule has 1 aromatic carbocycles. The summed E-state index contributed by atoms with van der Waals surface area (Å²) >= 11 is 3.40. The number of rotatable bonds is 2. The maximum absolute atomic E-state index is 11.8. The molecule has 1 aliphatic heterocycles. The third-order valence-corrected chi connectivity index (χ3v) is 3.86. The first-order chi connectivity index (χ1) is 8.00. The molecule has 0 spiro atoms. The first kappa shape index (κ1) is 12.1. The molecule has 1 fully saturated rings. The average molecular weight is 298 g/mol. The molecule has 1 unspecified atom stereocenters. The van der Waals surface area contributed by atoms with E-state index in [1.54, 1.807) is 4.90 Å². The predicted molar refractivity (Wildman–Crippen MR) is 67.0 cm³/mol. The Bertz CT molecular complexity index is 487. The maximum atomic E-state index is 11.8. The van der Waals surface area contributed by atoms with E-state index < -0.39 is 11.9 Å². The minimum atomic E-state index is -0.909. The molecular formula is C12H12BrNO3. The number of hydrogen-bond donors (Lipinski definition) is 1. The number of carboxylic acids is 1. The zero-order valence-corrected chi connectivity index (χ0v) is 10.9. The Morgan fingerprint density at radius 3 is 2.82 bits per heavy atom. The van der Waals surface area contributed by atoms with Crippen molar-refractivity contribution in [2.45, 2.75) is 13.3 Å². The highest BCUT2D eigenvalue weighted by Gasteiger charge is 2.35. The Labute approximate surface area is 107 Å². The van der Waals surface area contributed by atoms with Gasteiger partial charge >= 0.3 is 5.97 Å². The van der Waals surface area contributed by atoms with Crippen LogP contribution in [0.15, 0.2) is 22.7 Å². The van der Waals surface area contributed by atoms with Crippen LogP contribution < -0.4 is 4.90 Å². The van der Waals surface area contributed by atoms with Crippen molar-refractivity contribution in [2.75, 3.05) is 11.4 Å². The van der Waals surface area contributed by atoms with Crippen LogP contribution in [0.1, 0.15) is 12.0 Å². The fourth-order valence-corrected chi connectivity index (χ4v) is 2.35. The second-order valence-corrected chi connectivity index (χ2v) is 4.98. The van der Waals surface area contributed by atoms with E-state index in [2.05, 4.69) is 15.9 Å². The molecule has 17 heavy (non-hydrogen) atoms. The Balaban J connectivity index is 2.32. The first-order valence-corrected chi connectivity index (χ1v) is 6.08. The van der Waals surface area contributed by atoms with Crippen LogP contribution in [0.5, 0.6) is 0 Å². The minimum Gasteiger partial charge on any atom is -0.481 e. The number of carbonyl (C=O) groups is 2. The molecule has 1 saturated heterocycles. The Kier molecular flexibility index (Phi) is 3.19. The number of nitrogens with zero attached hydrogens (tertiary/aromatic N) is 1. The van der Waals surface area contributed by atoms with Crippen LogP contribution in [0.3, 0.4) is 0 Å². The smallest absolute Gasteiger partial charge is 0.308 e. The summed E-state index contributed by atoms with van der Waals surface area (Å²) in [5.41, 5.74) is 1.74. The molecule has 0 aliphatic carbocycles. The lowest BCUT2D eigenvalue weighted by atomic mass is 10.1. The molecule has 4 nitrogen and oxygen atoms in total. The van der Waals surface area contributed by atoms with Gasteiger partial charge < -0.3 is 10.0 Å². The van der Waals surface area contributed by atoms with Crippen LogP contribution in [-0.4, -0.2) is 23.5 Å². The van der Waals surface area contributed by atoms with Crippen LogP contribution in [-0.2, 0) is 9.59 Å². The number of halogens is 1. The van der Waals surface area contributed by atoms with Crippen molar-refractivity contribution in [2.24, 2.45) is 5.92 Å². The number of aliphatic carboxylic acids is 1. The van der Waals surface area contributed by atoms with Crippen molar-refractivity contribution >= 4 is 33.5 Å². The van der Waals surface area contributed by atoms with Crippen molar-refractivity contribution in [3.8, 4) is 0 Å². The number of carboxylic acid groups (broad SMARTS) is 1. The number of hydrogen-bond acceptors (Lipinski definition) is 2. The molecule has 1 N–H and O–H groups in total. The van der Waals surface area contributed by atoms with Crippen molar-refractivity contribution in [1.82, 2.24) is 0 Å². The standard InChI is InChI=1S/C12H12BrNO3/c1-7-9(13)3-2-4-10(7)14-6-8(12(16)17)5-11(14)15/h2-4,8H,5-6H2,1H3,(H,16,17). The van der Waals surface area contributed by atoms with E-state index in [4.69, 9.17) is 5.11 Å². The van der Waals surface area contributed by atoms with Crippen molar-refractivity contribution in [1.29, 1.82) is 0 Å². The minimum absolute atomic E-state index is 0.0846. The number of carbonyl (C=O) groups excluding carboxylic acids is 1. The van der Waals surface area contributed by atoms with E-state index in [1.807, 2.05) is 25.1 Å². The highest BCUT2D eigenvalue weighted by molar-refractivity contribution is 9.10. The number of anilines is 1. The van der Waals surface area contributed by atoms with Crippen molar-refractivity contribution in [3.63, 3.8) is 0 Å². The van der Waals surface area contributed by atoms with Crippen LogP contribution in [0.25, 0.3) is 0 Å². The topological polar surface area (TPSA) is 57.6 Å². The quantitative estimate of drug-likeness (QED) is 0.910.